The Bertz CT molecular complexity index is 893. The van der Waals surface area contributed by atoms with Gasteiger partial charge in [0.15, 0.2) is 0 Å². The number of nitrogens with zero attached hydrogens (tertiary/aromatic N) is 3. The smallest absolute Gasteiger partial charge is 0.131 e. The van der Waals surface area contributed by atoms with Crippen LogP contribution in [-0.4, -0.2) is 21.4 Å². The number of benzene rings is 2. The van der Waals surface area contributed by atoms with Gasteiger partial charge in [0.25, 0.3) is 0 Å². The highest BCUT2D eigenvalue weighted by Gasteiger charge is 2.20. The topological polar surface area (TPSA) is 64.3 Å². The lowest BCUT2D eigenvalue weighted by Gasteiger charge is -2.30. The van der Waals surface area contributed by atoms with Gasteiger partial charge in [-0.15, -0.1) is 24.8 Å². The summed E-state index contributed by atoms with van der Waals surface area (Å²) in [5.41, 5.74) is 10.7. The molecule has 4 rings (SSSR count). The minimum Gasteiger partial charge on any atom is -0.489 e. The SMILES string of the molecule is Cl.Cl.Nc1ncncc1CN1CCc2c(cccc2OCc2ccccc2)C1. The minimum absolute atomic E-state index is 0. The molecule has 0 fully saturated rings. The van der Waals surface area contributed by atoms with Gasteiger partial charge in [0.2, 0.25) is 0 Å². The van der Waals surface area contributed by atoms with Crippen LogP contribution in [0.25, 0.3) is 0 Å². The van der Waals surface area contributed by atoms with Crippen molar-refractivity contribution in [1.82, 2.24) is 14.9 Å². The number of hydrogen-bond donors (Lipinski definition) is 1. The molecule has 0 bridgehead atoms. The number of anilines is 1. The molecule has 0 saturated carbocycles. The maximum Gasteiger partial charge on any atom is 0.131 e. The van der Waals surface area contributed by atoms with Gasteiger partial charge in [0.05, 0.1) is 0 Å². The average Bonchev–Trinajstić information content (AvgIpc) is 2.69. The maximum atomic E-state index is 6.10. The van der Waals surface area contributed by atoms with Crippen molar-refractivity contribution >= 4 is 30.6 Å². The van der Waals surface area contributed by atoms with Crippen LogP contribution in [-0.2, 0) is 26.1 Å². The first-order valence-corrected chi connectivity index (χ1v) is 8.84. The van der Waals surface area contributed by atoms with E-state index in [1.54, 1.807) is 6.20 Å². The van der Waals surface area contributed by atoms with Crippen LogP contribution in [0.3, 0.4) is 0 Å². The highest BCUT2D eigenvalue weighted by Crippen LogP contribution is 2.29. The van der Waals surface area contributed by atoms with Crippen LogP contribution in [0.1, 0.15) is 22.3 Å². The number of halogens is 2. The van der Waals surface area contributed by atoms with Crippen LogP contribution in [0.4, 0.5) is 5.82 Å². The molecule has 28 heavy (non-hydrogen) atoms. The van der Waals surface area contributed by atoms with Crippen LogP contribution >= 0.6 is 24.8 Å². The highest BCUT2D eigenvalue weighted by atomic mass is 35.5. The van der Waals surface area contributed by atoms with Crippen molar-refractivity contribution < 1.29 is 4.74 Å². The fourth-order valence-electron chi connectivity index (χ4n) is 3.37. The Morgan fingerprint density at radius 3 is 2.64 bits per heavy atom. The maximum absolute atomic E-state index is 6.10. The quantitative estimate of drug-likeness (QED) is 0.676. The summed E-state index contributed by atoms with van der Waals surface area (Å²) < 4.78 is 6.10. The molecule has 2 heterocycles. The number of nitrogens with two attached hydrogens (primary N) is 1. The lowest BCUT2D eigenvalue weighted by atomic mass is 9.98. The Labute approximate surface area is 177 Å². The second-order valence-electron chi connectivity index (χ2n) is 6.56. The molecule has 2 N–H and O–H groups in total. The molecule has 7 heteroatoms. The first kappa shape index (κ1) is 22.0. The Hall–Kier alpha value is -2.34. The normalized spacial score (nSPS) is 13.0. The Balaban J connectivity index is 0.00000140. The molecule has 0 aliphatic carbocycles. The van der Waals surface area contributed by atoms with Crippen molar-refractivity contribution in [3.8, 4) is 5.75 Å². The van der Waals surface area contributed by atoms with E-state index in [0.29, 0.717) is 12.4 Å². The van der Waals surface area contributed by atoms with Gasteiger partial charge in [-0.2, -0.15) is 0 Å². The summed E-state index contributed by atoms with van der Waals surface area (Å²) in [5.74, 6) is 1.55. The van der Waals surface area contributed by atoms with E-state index in [4.69, 9.17) is 10.5 Å². The molecule has 0 amide bonds. The van der Waals surface area contributed by atoms with Gasteiger partial charge >= 0.3 is 0 Å². The standard InChI is InChI=1S/C21H22N4O.2ClH/c22-21-18(11-23-15-24-21)13-25-10-9-19-17(12-25)7-4-8-20(19)26-14-16-5-2-1-3-6-16;;/h1-8,11,15H,9-10,12-14H2,(H2,22,23,24);2*1H. The van der Waals surface area contributed by atoms with Crippen LogP contribution in [0.2, 0.25) is 0 Å². The molecule has 0 unspecified atom stereocenters. The third kappa shape index (κ3) is 5.13. The number of rotatable bonds is 5. The van der Waals surface area contributed by atoms with E-state index < -0.39 is 0 Å². The molecule has 3 aromatic rings. The predicted octanol–water partition coefficient (Wildman–Crippen LogP) is 4.04. The second-order valence-corrected chi connectivity index (χ2v) is 6.56. The third-order valence-corrected chi connectivity index (χ3v) is 4.76. The monoisotopic (exact) mass is 418 g/mol. The molecule has 1 aliphatic heterocycles. The molecule has 0 saturated heterocycles. The second kappa shape index (κ2) is 10.3. The number of fused-ring (bicyclic) bond motifs is 1. The van der Waals surface area contributed by atoms with Gasteiger partial charge in [-0.3, -0.25) is 4.90 Å². The van der Waals surface area contributed by atoms with E-state index >= 15 is 0 Å². The van der Waals surface area contributed by atoms with E-state index in [1.165, 1.54) is 23.0 Å². The lowest BCUT2D eigenvalue weighted by Crippen LogP contribution is -2.30. The van der Waals surface area contributed by atoms with Gasteiger partial charge in [-0.1, -0.05) is 42.5 Å². The molecular formula is C21H24Cl2N4O. The van der Waals surface area contributed by atoms with Crippen molar-refractivity contribution in [3.63, 3.8) is 0 Å². The summed E-state index contributed by atoms with van der Waals surface area (Å²) >= 11 is 0. The van der Waals surface area contributed by atoms with Gasteiger partial charge in [-0.05, 0) is 29.2 Å². The van der Waals surface area contributed by atoms with Crippen LogP contribution in [0.5, 0.6) is 5.75 Å². The van der Waals surface area contributed by atoms with Crippen molar-refractivity contribution in [2.45, 2.75) is 26.1 Å². The molecular weight excluding hydrogens is 395 g/mol. The number of aromatic nitrogens is 2. The Morgan fingerprint density at radius 1 is 1.04 bits per heavy atom. The summed E-state index contributed by atoms with van der Waals surface area (Å²) in [7, 11) is 0. The molecule has 1 aromatic heterocycles. The molecule has 0 atom stereocenters. The summed E-state index contributed by atoms with van der Waals surface area (Å²) in [6, 6.07) is 16.6. The van der Waals surface area contributed by atoms with E-state index in [9.17, 15) is 0 Å². The fraction of sp³-hybridized carbons (Fsp3) is 0.238. The van der Waals surface area contributed by atoms with Crippen molar-refractivity contribution in [2.24, 2.45) is 0 Å². The van der Waals surface area contributed by atoms with Gasteiger partial charge in [-0.25, -0.2) is 9.97 Å². The largest absolute Gasteiger partial charge is 0.489 e. The summed E-state index contributed by atoms with van der Waals surface area (Å²) in [6.45, 7) is 3.21. The zero-order valence-electron chi connectivity index (χ0n) is 15.5. The summed E-state index contributed by atoms with van der Waals surface area (Å²) in [6.07, 6.45) is 4.26. The number of ether oxygens (including phenoxy) is 1. The zero-order valence-corrected chi connectivity index (χ0v) is 17.1. The molecule has 5 nitrogen and oxygen atoms in total. The predicted molar refractivity (Wildman–Crippen MR) is 116 cm³/mol. The minimum atomic E-state index is 0. The van der Waals surface area contributed by atoms with Gasteiger partial charge in [0, 0.05) is 31.4 Å². The average molecular weight is 419 g/mol. The zero-order chi connectivity index (χ0) is 17.8. The van der Waals surface area contributed by atoms with Crippen LogP contribution in [0.15, 0.2) is 61.1 Å². The Morgan fingerprint density at radius 2 is 1.86 bits per heavy atom. The van der Waals surface area contributed by atoms with E-state index in [-0.39, 0.29) is 24.8 Å². The van der Waals surface area contributed by atoms with Crippen molar-refractivity contribution in [1.29, 1.82) is 0 Å². The van der Waals surface area contributed by atoms with Gasteiger partial charge in [0.1, 0.15) is 24.5 Å². The van der Waals surface area contributed by atoms with Crippen molar-refractivity contribution in [3.05, 3.63) is 83.3 Å². The van der Waals surface area contributed by atoms with Crippen LogP contribution in [0, 0.1) is 0 Å². The molecule has 148 valence electrons. The summed E-state index contributed by atoms with van der Waals surface area (Å²) in [4.78, 5) is 10.5. The Kier molecular flexibility index (Phi) is 8.05. The van der Waals surface area contributed by atoms with Crippen LogP contribution < -0.4 is 10.5 Å². The molecule has 2 aromatic carbocycles. The van der Waals surface area contributed by atoms with E-state index in [0.717, 1.165) is 37.4 Å². The lowest BCUT2D eigenvalue weighted by molar-refractivity contribution is 0.238. The number of hydrogen-bond acceptors (Lipinski definition) is 5. The highest BCUT2D eigenvalue weighted by molar-refractivity contribution is 5.85. The molecule has 0 spiro atoms. The first-order valence-electron chi connectivity index (χ1n) is 8.84. The van der Waals surface area contributed by atoms with E-state index in [2.05, 4.69) is 45.2 Å². The third-order valence-electron chi connectivity index (χ3n) is 4.76. The molecule has 0 radical (unpaired) electrons. The van der Waals surface area contributed by atoms with Gasteiger partial charge < -0.3 is 10.5 Å². The number of nitrogen functional groups attached to an aromatic ring is 1. The van der Waals surface area contributed by atoms with Crippen molar-refractivity contribution in [2.75, 3.05) is 12.3 Å². The van der Waals surface area contributed by atoms with E-state index in [1.807, 2.05) is 18.2 Å². The summed E-state index contributed by atoms with van der Waals surface area (Å²) in [5, 5.41) is 0. The molecule has 1 aliphatic rings. The fourth-order valence-corrected chi connectivity index (χ4v) is 3.37. The first-order chi connectivity index (χ1) is 12.8.